The molecule has 178 valence electrons. The highest BCUT2D eigenvalue weighted by atomic mass is 35.5. The normalized spacial score (nSPS) is 29.4. The molecule has 3 atom stereocenters. The fourth-order valence-corrected chi connectivity index (χ4v) is 5.88. The molecule has 5 N–H and O–H groups in total. The Morgan fingerprint density at radius 3 is 2.67 bits per heavy atom. The number of carbonyl (C=O) groups excluding carboxylic acids is 2. The van der Waals surface area contributed by atoms with Crippen molar-refractivity contribution in [3.63, 3.8) is 0 Å². The summed E-state index contributed by atoms with van der Waals surface area (Å²) < 4.78 is 28.1. The maximum atomic E-state index is 14.5. The molecule has 3 fully saturated rings. The third kappa shape index (κ3) is 3.86. The lowest BCUT2D eigenvalue weighted by Crippen LogP contribution is -2.59. The number of primary amides is 1. The van der Waals surface area contributed by atoms with Crippen LogP contribution in [-0.4, -0.2) is 53.9 Å². The number of hydrogen-bond donors (Lipinski definition) is 4. The molecule has 0 aromatic heterocycles. The van der Waals surface area contributed by atoms with Crippen molar-refractivity contribution in [2.45, 2.75) is 44.8 Å². The van der Waals surface area contributed by atoms with Crippen molar-refractivity contribution in [1.82, 2.24) is 15.5 Å². The van der Waals surface area contributed by atoms with Gasteiger partial charge < -0.3 is 21.3 Å². The van der Waals surface area contributed by atoms with E-state index < -0.39 is 23.4 Å². The number of benzene rings is 1. The monoisotopic (exact) mass is 479 g/mol. The summed E-state index contributed by atoms with van der Waals surface area (Å²) in [6.45, 7) is 4.76. The van der Waals surface area contributed by atoms with Gasteiger partial charge >= 0.3 is 6.03 Å². The third-order valence-corrected chi connectivity index (χ3v) is 8.02. The maximum absolute atomic E-state index is 14.5. The van der Waals surface area contributed by atoms with Crippen LogP contribution < -0.4 is 16.4 Å². The molecule has 7 nitrogen and oxygen atoms in total. The Labute approximate surface area is 196 Å². The maximum Gasteiger partial charge on any atom is 0.318 e. The van der Waals surface area contributed by atoms with Gasteiger partial charge in [-0.3, -0.25) is 10.2 Å². The van der Waals surface area contributed by atoms with Crippen molar-refractivity contribution in [2.75, 3.05) is 19.6 Å². The van der Waals surface area contributed by atoms with Gasteiger partial charge in [0, 0.05) is 30.8 Å². The number of hydrogen-bond acceptors (Lipinski definition) is 4. The number of nitrogens with zero attached hydrogens (tertiary/aromatic N) is 1. The van der Waals surface area contributed by atoms with Gasteiger partial charge in [0.2, 0.25) is 0 Å². The molecule has 3 aliphatic rings. The van der Waals surface area contributed by atoms with Crippen LogP contribution in [0.2, 0.25) is 5.02 Å². The van der Waals surface area contributed by atoms with Gasteiger partial charge in [0.15, 0.2) is 0 Å². The number of piperazine rings is 1. The van der Waals surface area contributed by atoms with Gasteiger partial charge in [-0.2, -0.15) is 0 Å². The number of rotatable bonds is 4. The zero-order valence-electron chi connectivity index (χ0n) is 18.6. The molecule has 0 spiro atoms. The van der Waals surface area contributed by atoms with Crippen molar-refractivity contribution in [1.29, 1.82) is 5.41 Å². The molecule has 1 aliphatic heterocycles. The number of carbonyl (C=O) groups is 2. The minimum absolute atomic E-state index is 0.0282. The molecule has 3 unspecified atom stereocenters. The first-order valence-corrected chi connectivity index (χ1v) is 11.4. The fourth-order valence-electron chi connectivity index (χ4n) is 5.70. The van der Waals surface area contributed by atoms with Crippen molar-refractivity contribution >= 4 is 29.3 Å². The van der Waals surface area contributed by atoms with Crippen molar-refractivity contribution in [3.8, 4) is 0 Å². The summed E-state index contributed by atoms with van der Waals surface area (Å²) >= 11 is 5.83. The van der Waals surface area contributed by atoms with Crippen molar-refractivity contribution in [2.24, 2.45) is 17.1 Å². The lowest BCUT2D eigenvalue weighted by molar-refractivity contribution is -0.114. The Morgan fingerprint density at radius 2 is 2.09 bits per heavy atom. The summed E-state index contributed by atoms with van der Waals surface area (Å²) in [6.07, 6.45) is 0.837. The minimum Gasteiger partial charge on any atom is -0.384 e. The number of amides is 3. The summed E-state index contributed by atoms with van der Waals surface area (Å²) in [5.74, 6) is -1.56. The Balaban J connectivity index is 1.57. The van der Waals surface area contributed by atoms with E-state index in [0.717, 1.165) is 18.9 Å². The number of fused-ring (bicyclic) bond motifs is 2. The van der Waals surface area contributed by atoms with Crippen molar-refractivity contribution in [3.05, 3.63) is 45.9 Å². The zero-order valence-corrected chi connectivity index (χ0v) is 19.4. The molecule has 1 aromatic carbocycles. The molecule has 10 heteroatoms. The van der Waals surface area contributed by atoms with E-state index in [1.807, 2.05) is 13.8 Å². The second-order valence-electron chi connectivity index (χ2n) is 9.67. The van der Waals surface area contributed by atoms with E-state index in [4.69, 9.17) is 22.7 Å². The van der Waals surface area contributed by atoms with Crippen LogP contribution in [0.3, 0.4) is 0 Å². The molecule has 2 bridgehead atoms. The third-order valence-electron chi connectivity index (χ3n) is 7.73. The Hall–Kier alpha value is -2.68. The van der Waals surface area contributed by atoms with Gasteiger partial charge in [0.05, 0.1) is 28.4 Å². The first kappa shape index (κ1) is 23.5. The summed E-state index contributed by atoms with van der Waals surface area (Å²) in [7, 11) is 0. The zero-order chi connectivity index (χ0) is 24.1. The summed E-state index contributed by atoms with van der Waals surface area (Å²) in [5.41, 5.74) is 4.86. The second-order valence-corrected chi connectivity index (χ2v) is 10.1. The van der Waals surface area contributed by atoms with Crippen LogP contribution in [0.4, 0.5) is 13.6 Å². The van der Waals surface area contributed by atoms with E-state index in [-0.39, 0.29) is 45.8 Å². The Kier molecular flexibility index (Phi) is 5.88. The van der Waals surface area contributed by atoms with E-state index in [2.05, 4.69) is 10.6 Å². The highest BCUT2D eigenvalue weighted by molar-refractivity contribution is 6.32. The van der Waals surface area contributed by atoms with Crippen LogP contribution in [0, 0.1) is 22.6 Å². The quantitative estimate of drug-likeness (QED) is 0.393. The molecular weight excluding hydrogens is 452 g/mol. The highest BCUT2D eigenvalue weighted by Crippen LogP contribution is 2.61. The lowest BCUT2D eigenvalue weighted by atomic mass is 9.76. The average molecular weight is 480 g/mol. The van der Waals surface area contributed by atoms with E-state index >= 15 is 0 Å². The number of halogens is 3. The minimum atomic E-state index is -0.933. The van der Waals surface area contributed by atoms with E-state index in [9.17, 15) is 18.4 Å². The predicted octanol–water partition coefficient (Wildman–Crippen LogP) is 3.12. The fraction of sp³-hybridized carbons (Fsp3) is 0.522. The molecule has 2 saturated carbocycles. The van der Waals surface area contributed by atoms with Gasteiger partial charge in [-0.25, -0.2) is 13.6 Å². The van der Waals surface area contributed by atoms with Gasteiger partial charge in [0.1, 0.15) is 12.0 Å². The van der Waals surface area contributed by atoms with Gasteiger partial charge in [-0.15, -0.1) is 0 Å². The van der Waals surface area contributed by atoms with Crippen LogP contribution in [0.25, 0.3) is 0 Å². The van der Waals surface area contributed by atoms with Crippen molar-refractivity contribution < 1.29 is 18.4 Å². The molecule has 4 rings (SSSR count). The molecule has 1 aromatic rings. The summed E-state index contributed by atoms with van der Waals surface area (Å²) in [5, 5.41) is 14.5. The molecule has 1 heterocycles. The molecule has 1 saturated heterocycles. The van der Waals surface area contributed by atoms with Crippen LogP contribution in [0.1, 0.15) is 38.7 Å². The predicted molar refractivity (Wildman–Crippen MR) is 121 cm³/mol. The van der Waals surface area contributed by atoms with Crippen LogP contribution in [0.15, 0.2) is 29.5 Å². The summed E-state index contributed by atoms with van der Waals surface area (Å²) in [6, 6.07) is 3.36. The second kappa shape index (κ2) is 8.27. The SMILES string of the molecule is CC1(C)C2CCC1(NC(=O)N1CCN/C(=C(\C(=N)c3ccc(F)c(Cl)c3)C(N)=O)C1)CC2F. The Bertz CT molecular complexity index is 1060. The molecule has 33 heavy (non-hydrogen) atoms. The average Bonchev–Trinajstić information content (AvgIpc) is 3.09. The van der Waals surface area contributed by atoms with Crippen LogP contribution in [0.5, 0.6) is 0 Å². The smallest absolute Gasteiger partial charge is 0.318 e. The topological polar surface area (TPSA) is 111 Å². The molecule has 2 aliphatic carbocycles. The van der Waals surface area contributed by atoms with Crippen LogP contribution >= 0.6 is 11.6 Å². The number of nitrogens with two attached hydrogens (primary N) is 1. The van der Waals surface area contributed by atoms with E-state index in [1.165, 1.54) is 17.0 Å². The number of alkyl halides is 1. The van der Waals surface area contributed by atoms with E-state index in [1.54, 1.807) is 0 Å². The first-order valence-electron chi connectivity index (χ1n) is 11.0. The molecular formula is C23H28ClF2N5O2. The number of nitrogens with one attached hydrogen (secondary N) is 3. The lowest BCUT2D eigenvalue weighted by Gasteiger charge is -2.41. The number of urea groups is 1. The van der Waals surface area contributed by atoms with Crippen LogP contribution in [-0.2, 0) is 4.79 Å². The molecule has 0 radical (unpaired) electrons. The standard InChI is InChI=1S/C23H28ClF2N5O2/c1-22(2)13-5-6-23(22,10-16(13)26)30-21(33)31-8-7-29-17(11-31)18(20(28)32)19(27)12-3-4-15(25)14(24)9-12/h3-4,9,13,16,27,29H,5-8,10-11H2,1-2H3,(H2,28,32)(H,30,33)/b18-17+,27-19?. The van der Waals surface area contributed by atoms with Gasteiger partial charge in [-0.1, -0.05) is 25.4 Å². The Morgan fingerprint density at radius 1 is 1.36 bits per heavy atom. The molecule has 3 amide bonds. The van der Waals surface area contributed by atoms with Gasteiger partial charge in [-0.05, 0) is 42.4 Å². The van der Waals surface area contributed by atoms with E-state index in [0.29, 0.717) is 25.2 Å². The van der Waals surface area contributed by atoms with Gasteiger partial charge in [0.25, 0.3) is 5.91 Å². The highest BCUT2D eigenvalue weighted by Gasteiger charge is 2.64. The summed E-state index contributed by atoms with van der Waals surface area (Å²) in [4.78, 5) is 27.0. The largest absolute Gasteiger partial charge is 0.384 e. The first-order chi connectivity index (χ1) is 15.5.